The van der Waals surface area contributed by atoms with Crippen LogP contribution in [0.1, 0.15) is 47.4 Å². The smallest absolute Gasteiger partial charge is 0.258 e. The van der Waals surface area contributed by atoms with Crippen molar-refractivity contribution in [2.24, 2.45) is 0 Å². The zero-order chi connectivity index (χ0) is 25.9. The molecule has 0 saturated heterocycles. The number of carbonyl (C=O) groups is 3. The van der Waals surface area contributed by atoms with E-state index in [0.29, 0.717) is 16.8 Å². The van der Waals surface area contributed by atoms with E-state index in [1.807, 2.05) is 35.2 Å². The lowest BCUT2D eigenvalue weighted by molar-refractivity contribution is -0.114. The molecule has 0 saturated carbocycles. The topological polar surface area (TPSA) is 81.8 Å². The van der Waals surface area contributed by atoms with Crippen LogP contribution in [0.25, 0.3) is 0 Å². The van der Waals surface area contributed by atoms with Crippen LogP contribution in [-0.2, 0) is 4.79 Å². The van der Waals surface area contributed by atoms with Gasteiger partial charge in [-0.05, 0) is 73.5 Å². The second kappa shape index (κ2) is 13.1. The molecule has 0 atom stereocenters. The van der Waals surface area contributed by atoms with Gasteiger partial charge in [0, 0.05) is 48.3 Å². The summed E-state index contributed by atoms with van der Waals surface area (Å²) in [5.74, 6) is -0.317. The highest BCUT2D eigenvalue weighted by molar-refractivity contribution is 6.06. The summed E-state index contributed by atoms with van der Waals surface area (Å²) >= 11 is 0. The molecule has 36 heavy (non-hydrogen) atoms. The zero-order valence-electron chi connectivity index (χ0n) is 21.2. The molecule has 3 rings (SSSR count). The molecule has 2 N–H and O–H groups in total. The Balaban J connectivity index is 1.51. The standard InChI is InChI=1S/C29H34N4O3/c1-4-19-33(20-5-2)29(36)23-11-15-24(16-12-23)30-21-27(34)31-25-17-13-22(14-18-25)28(35)32(3)26-9-7-6-8-10-26/h6-18,30H,4-5,19-21H2,1-3H3,(H,31,34). The highest BCUT2D eigenvalue weighted by Crippen LogP contribution is 2.17. The first kappa shape index (κ1) is 26.5. The maximum atomic E-state index is 12.7. The van der Waals surface area contributed by atoms with Crippen LogP contribution >= 0.6 is 0 Å². The van der Waals surface area contributed by atoms with Crippen molar-refractivity contribution in [1.82, 2.24) is 4.90 Å². The van der Waals surface area contributed by atoms with E-state index in [1.165, 1.54) is 0 Å². The second-order valence-electron chi connectivity index (χ2n) is 8.55. The van der Waals surface area contributed by atoms with Crippen molar-refractivity contribution in [3.05, 3.63) is 90.0 Å². The zero-order valence-corrected chi connectivity index (χ0v) is 21.2. The normalized spacial score (nSPS) is 10.4. The third-order valence-corrected chi connectivity index (χ3v) is 5.72. The van der Waals surface area contributed by atoms with E-state index in [0.717, 1.165) is 37.3 Å². The molecule has 7 heteroatoms. The highest BCUT2D eigenvalue weighted by atomic mass is 16.2. The Morgan fingerprint density at radius 2 is 1.22 bits per heavy atom. The van der Waals surface area contributed by atoms with E-state index in [1.54, 1.807) is 60.5 Å². The number of rotatable bonds is 11. The molecular weight excluding hydrogens is 452 g/mol. The van der Waals surface area contributed by atoms with Gasteiger partial charge in [-0.1, -0.05) is 32.0 Å². The lowest BCUT2D eigenvalue weighted by Crippen LogP contribution is -2.32. The van der Waals surface area contributed by atoms with E-state index in [9.17, 15) is 14.4 Å². The summed E-state index contributed by atoms with van der Waals surface area (Å²) in [4.78, 5) is 41.3. The number of carbonyl (C=O) groups excluding carboxylic acids is 3. The third-order valence-electron chi connectivity index (χ3n) is 5.72. The number of anilines is 3. The number of hydrogen-bond acceptors (Lipinski definition) is 4. The Kier molecular flexibility index (Phi) is 9.63. The van der Waals surface area contributed by atoms with Gasteiger partial charge < -0.3 is 20.4 Å². The number of nitrogens with zero attached hydrogens (tertiary/aromatic N) is 2. The summed E-state index contributed by atoms with van der Waals surface area (Å²) in [5, 5.41) is 5.90. The average Bonchev–Trinajstić information content (AvgIpc) is 2.92. The summed E-state index contributed by atoms with van der Waals surface area (Å²) in [5.41, 5.74) is 3.34. The lowest BCUT2D eigenvalue weighted by atomic mass is 10.1. The number of hydrogen-bond donors (Lipinski definition) is 2. The van der Waals surface area contributed by atoms with Crippen LogP contribution < -0.4 is 15.5 Å². The molecule has 188 valence electrons. The Morgan fingerprint density at radius 3 is 1.78 bits per heavy atom. The van der Waals surface area contributed by atoms with Gasteiger partial charge in [-0.25, -0.2) is 0 Å². The Labute approximate surface area is 213 Å². The molecule has 0 bridgehead atoms. The maximum absolute atomic E-state index is 12.7. The number of amides is 3. The van der Waals surface area contributed by atoms with Gasteiger partial charge in [0.15, 0.2) is 0 Å². The van der Waals surface area contributed by atoms with Gasteiger partial charge >= 0.3 is 0 Å². The van der Waals surface area contributed by atoms with Gasteiger partial charge in [-0.15, -0.1) is 0 Å². The fraction of sp³-hybridized carbons (Fsp3) is 0.276. The molecule has 0 aromatic heterocycles. The monoisotopic (exact) mass is 486 g/mol. The van der Waals surface area contributed by atoms with E-state index in [2.05, 4.69) is 24.5 Å². The third kappa shape index (κ3) is 7.18. The first-order valence-electron chi connectivity index (χ1n) is 12.3. The van der Waals surface area contributed by atoms with Gasteiger partial charge in [-0.2, -0.15) is 0 Å². The molecule has 0 heterocycles. The van der Waals surface area contributed by atoms with Crippen LogP contribution in [-0.4, -0.2) is 49.3 Å². The average molecular weight is 487 g/mol. The van der Waals surface area contributed by atoms with Gasteiger partial charge in [-0.3, -0.25) is 14.4 Å². The van der Waals surface area contributed by atoms with Crippen LogP contribution in [0.4, 0.5) is 17.1 Å². The Hall–Kier alpha value is -4.13. The van der Waals surface area contributed by atoms with Crippen molar-refractivity contribution >= 4 is 34.8 Å². The fourth-order valence-corrected chi connectivity index (χ4v) is 3.81. The molecule has 0 spiro atoms. The fourth-order valence-electron chi connectivity index (χ4n) is 3.81. The van der Waals surface area contributed by atoms with E-state index < -0.39 is 0 Å². The van der Waals surface area contributed by atoms with Gasteiger partial charge in [0.1, 0.15) is 0 Å². The van der Waals surface area contributed by atoms with Gasteiger partial charge in [0.2, 0.25) is 5.91 Å². The van der Waals surface area contributed by atoms with Gasteiger partial charge in [0.25, 0.3) is 11.8 Å². The molecular formula is C29H34N4O3. The molecule has 0 aliphatic rings. The van der Waals surface area contributed by atoms with Crippen LogP contribution in [0, 0.1) is 0 Å². The molecule has 7 nitrogen and oxygen atoms in total. The van der Waals surface area contributed by atoms with Crippen LogP contribution in [0.2, 0.25) is 0 Å². The minimum atomic E-state index is -0.215. The molecule has 0 fully saturated rings. The van der Waals surface area contributed by atoms with Crippen LogP contribution in [0.15, 0.2) is 78.9 Å². The van der Waals surface area contributed by atoms with Crippen LogP contribution in [0.3, 0.4) is 0 Å². The van der Waals surface area contributed by atoms with Crippen molar-refractivity contribution in [1.29, 1.82) is 0 Å². The number of benzene rings is 3. The minimum Gasteiger partial charge on any atom is -0.376 e. The molecule has 3 aromatic carbocycles. The predicted octanol–water partition coefficient (Wildman–Crippen LogP) is 5.28. The maximum Gasteiger partial charge on any atom is 0.258 e. The summed E-state index contributed by atoms with van der Waals surface area (Å²) in [7, 11) is 1.73. The van der Waals surface area contributed by atoms with Gasteiger partial charge in [0.05, 0.1) is 6.54 Å². The predicted molar refractivity (Wildman–Crippen MR) is 146 cm³/mol. The molecule has 0 aliphatic carbocycles. The summed E-state index contributed by atoms with van der Waals surface area (Å²) in [6.45, 7) is 5.68. The summed E-state index contributed by atoms with van der Waals surface area (Å²) in [6, 6.07) is 23.4. The van der Waals surface area contributed by atoms with Crippen molar-refractivity contribution in [3.8, 4) is 0 Å². The van der Waals surface area contributed by atoms with E-state index in [-0.39, 0.29) is 24.3 Å². The van der Waals surface area contributed by atoms with Crippen molar-refractivity contribution in [3.63, 3.8) is 0 Å². The molecule has 3 aromatic rings. The van der Waals surface area contributed by atoms with E-state index >= 15 is 0 Å². The summed E-state index contributed by atoms with van der Waals surface area (Å²) in [6.07, 6.45) is 1.84. The second-order valence-corrected chi connectivity index (χ2v) is 8.55. The first-order valence-corrected chi connectivity index (χ1v) is 12.3. The molecule has 3 amide bonds. The Bertz CT molecular complexity index is 1140. The van der Waals surface area contributed by atoms with Crippen molar-refractivity contribution in [2.45, 2.75) is 26.7 Å². The van der Waals surface area contributed by atoms with E-state index in [4.69, 9.17) is 0 Å². The SMILES string of the molecule is CCCN(CCC)C(=O)c1ccc(NCC(=O)Nc2ccc(C(=O)N(C)c3ccccc3)cc2)cc1. The summed E-state index contributed by atoms with van der Waals surface area (Å²) < 4.78 is 0. The largest absolute Gasteiger partial charge is 0.376 e. The quantitative estimate of drug-likeness (QED) is 0.387. The van der Waals surface area contributed by atoms with Crippen LogP contribution in [0.5, 0.6) is 0 Å². The minimum absolute atomic E-state index is 0.0277. The van der Waals surface area contributed by atoms with Crippen molar-refractivity contribution in [2.75, 3.05) is 42.2 Å². The molecule has 0 radical (unpaired) electrons. The first-order chi connectivity index (χ1) is 17.4. The number of nitrogens with one attached hydrogen (secondary N) is 2. The molecule has 0 aliphatic heterocycles. The number of para-hydroxylation sites is 1. The molecule has 0 unspecified atom stereocenters. The highest BCUT2D eigenvalue weighted by Gasteiger charge is 2.15. The van der Waals surface area contributed by atoms with Crippen molar-refractivity contribution < 1.29 is 14.4 Å². The lowest BCUT2D eigenvalue weighted by Gasteiger charge is -2.21. The Morgan fingerprint density at radius 1 is 0.694 bits per heavy atom.